The summed E-state index contributed by atoms with van der Waals surface area (Å²) in [5.74, 6) is 0.324. The fourth-order valence-corrected chi connectivity index (χ4v) is 1.73. The van der Waals surface area contributed by atoms with Gasteiger partial charge in [0.05, 0.1) is 0 Å². The first-order chi connectivity index (χ1) is 8.84. The van der Waals surface area contributed by atoms with Gasteiger partial charge >= 0.3 is 0 Å². The lowest BCUT2D eigenvalue weighted by molar-refractivity contribution is -0.122. The number of pyridine rings is 1. The molecule has 4 heteroatoms. The molecule has 1 amide bonds. The Balaban J connectivity index is 2.36. The monoisotopic (exact) mass is 255 g/mol. The Bertz CT molecular complexity index is 598. The van der Waals surface area contributed by atoms with Crippen LogP contribution in [0.1, 0.15) is 32.0 Å². The second-order valence-electron chi connectivity index (χ2n) is 4.98. The van der Waals surface area contributed by atoms with Crippen LogP contribution in [0.4, 0.5) is 0 Å². The minimum Gasteiger partial charge on any atom is -0.307 e. The van der Waals surface area contributed by atoms with Crippen LogP contribution in [0, 0.1) is 0 Å². The number of aliphatic imine (C=N–C) groups is 1. The summed E-state index contributed by atoms with van der Waals surface area (Å²) >= 11 is 0. The molecule has 2 rings (SSSR count). The van der Waals surface area contributed by atoms with Gasteiger partial charge in [0.25, 0.3) is 5.91 Å². The van der Waals surface area contributed by atoms with Crippen LogP contribution >= 0.6 is 0 Å². The Kier molecular flexibility index (Phi) is 3.10. The molecular formula is C15H17N3O. The average molecular weight is 255 g/mol. The van der Waals surface area contributed by atoms with Gasteiger partial charge in [-0.1, -0.05) is 19.2 Å². The molecule has 0 bridgehead atoms. The van der Waals surface area contributed by atoms with Crippen LogP contribution < -0.4 is 5.32 Å². The van der Waals surface area contributed by atoms with Gasteiger partial charge in [-0.05, 0) is 43.5 Å². The van der Waals surface area contributed by atoms with Crippen molar-refractivity contribution in [1.82, 2.24) is 10.3 Å². The molecule has 0 spiro atoms. The summed E-state index contributed by atoms with van der Waals surface area (Å²) in [7, 11) is 0. The predicted octanol–water partition coefficient (Wildman–Crippen LogP) is 2.33. The Hall–Kier alpha value is -2.23. The van der Waals surface area contributed by atoms with Gasteiger partial charge in [0, 0.05) is 6.20 Å². The molecule has 2 heterocycles. The largest absolute Gasteiger partial charge is 0.307 e. The summed E-state index contributed by atoms with van der Waals surface area (Å²) in [5, 5.41) is 2.76. The van der Waals surface area contributed by atoms with Crippen LogP contribution in [0.3, 0.4) is 0 Å². The minimum absolute atomic E-state index is 0.166. The quantitative estimate of drug-likeness (QED) is 0.843. The molecule has 4 nitrogen and oxygen atoms in total. The molecular weight excluding hydrogens is 238 g/mol. The molecule has 1 aromatic rings. The molecule has 0 radical (unpaired) electrons. The summed E-state index contributed by atoms with van der Waals surface area (Å²) in [6.45, 7) is 13.1. The van der Waals surface area contributed by atoms with E-state index in [1.165, 1.54) is 0 Å². The van der Waals surface area contributed by atoms with E-state index >= 15 is 0 Å². The number of carbonyl (C=O) groups excluding carboxylic acids is 1. The first kappa shape index (κ1) is 13.2. The third-order valence-corrected chi connectivity index (χ3v) is 3.34. The second-order valence-corrected chi connectivity index (χ2v) is 4.98. The second kappa shape index (κ2) is 4.46. The number of hydrogen-bond donors (Lipinski definition) is 1. The maximum atomic E-state index is 12.0. The average Bonchev–Trinajstić information content (AvgIpc) is 2.67. The van der Waals surface area contributed by atoms with Crippen molar-refractivity contribution < 1.29 is 4.79 Å². The molecule has 0 fully saturated rings. The smallest absolute Gasteiger partial charge is 0.257 e. The van der Waals surface area contributed by atoms with Crippen LogP contribution in [0.25, 0.3) is 5.57 Å². The third kappa shape index (κ3) is 2.21. The number of hydrogen-bond acceptors (Lipinski definition) is 3. The number of nitrogens with one attached hydrogen (secondary N) is 1. The lowest BCUT2D eigenvalue weighted by Crippen LogP contribution is -2.37. The first-order valence-electron chi connectivity index (χ1n) is 6.04. The van der Waals surface area contributed by atoms with E-state index < -0.39 is 5.54 Å². The predicted molar refractivity (Wildman–Crippen MR) is 76.8 cm³/mol. The molecule has 1 N–H and O–H groups in total. The normalized spacial score (nSPS) is 21.8. The molecule has 1 aromatic heterocycles. The van der Waals surface area contributed by atoms with Crippen molar-refractivity contribution in [3.8, 4) is 0 Å². The molecule has 1 unspecified atom stereocenters. The van der Waals surface area contributed by atoms with Gasteiger partial charge in [0.15, 0.2) is 11.4 Å². The van der Waals surface area contributed by atoms with E-state index in [9.17, 15) is 4.79 Å². The van der Waals surface area contributed by atoms with Crippen LogP contribution in [-0.4, -0.2) is 22.3 Å². The Labute approximate surface area is 113 Å². The topological polar surface area (TPSA) is 54.4 Å². The third-order valence-electron chi connectivity index (χ3n) is 3.34. The van der Waals surface area contributed by atoms with E-state index in [1.54, 1.807) is 20.0 Å². The molecule has 0 saturated carbocycles. The van der Waals surface area contributed by atoms with Gasteiger partial charge in [-0.2, -0.15) is 0 Å². The van der Waals surface area contributed by atoms with Gasteiger partial charge < -0.3 is 5.32 Å². The molecule has 19 heavy (non-hydrogen) atoms. The highest BCUT2D eigenvalue weighted by molar-refractivity contribution is 6.15. The van der Waals surface area contributed by atoms with Crippen molar-refractivity contribution in [1.29, 1.82) is 0 Å². The Morgan fingerprint density at radius 2 is 2.00 bits per heavy atom. The minimum atomic E-state index is -0.899. The molecule has 1 aliphatic heterocycles. The van der Waals surface area contributed by atoms with Gasteiger partial charge in [-0.25, -0.2) is 4.99 Å². The van der Waals surface area contributed by atoms with E-state index in [0.29, 0.717) is 17.1 Å². The fourth-order valence-electron chi connectivity index (χ4n) is 1.73. The summed E-state index contributed by atoms with van der Waals surface area (Å²) in [6.07, 6.45) is 1.72. The van der Waals surface area contributed by atoms with E-state index in [0.717, 1.165) is 11.1 Å². The van der Waals surface area contributed by atoms with Gasteiger partial charge in [-0.15, -0.1) is 0 Å². The summed E-state index contributed by atoms with van der Waals surface area (Å²) in [5.41, 5.74) is 2.37. The highest BCUT2D eigenvalue weighted by atomic mass is 16.2. The van der Waals surface area contributed by atoms with Gasteiger partial charge in [0.2, 0.25) is 0 Å². The number of carbonyl (C=O) groups is 1. The van der Waals surface area contributed by atoms with E-state index in [2.05, 4.69) is 28.5 Å². The van der Waals surface area contributed by atoms with Crippen molar-refractivity contribution in [2.24, 2.45) is 4.99 Å². The van der Waals surface area contributed by atoms with Crippen molar-refractivity contribution in [2.75, 3.05) is 0 Å². The van der Waals surface area contributed by atoms with E-state index in [1.807, 2.05) is 19.1 Å². The van der Waals surface area contributed by atoms with Crippen LogP contribution in [0.15, 0.2) is 42.1 Å². The molecule has 0 aromatic carbocycles. The van der Waals surface area contributed by atoms with E-state index in [-0.39, 0.29) is 5.91 Å². The summed E-state index contributed by atoms with van der Waals surface area (Å²) in [4.78, 5) is 20.7. The van der Waals surface area contributed by atoms with Crippen LogP contribution in [0.2, 0.25) is 0 Å². The maximum Gasteiger partial charge on any atom is 0.257 e. The van der Waals surface area contributed by atoms with Crippen molar-refractivity contribution in [2.45, 2.75) is 26.3 Å². The molecule has 0 aliphatic carbocycles. The summed E-state index contributed by atoms with van der Waals surface area (Å²) in [6, 6.07) is 3.74. The number of nitrogens with zero attached hydrogens (tertiary/aromatic N) is 2. The van der Waals surface area contributed by atoms with Gasteiger partial charge in [0.1, 0.15) is 5.69 Å². The number of amidine groups is 1. The number of aromatic nitrogens is 1. The first-order valence-corrected chi connectivity index (χ1v) is 6.04. The number of rotatable bonds is 3. The molecule has 98 valence electrons. The van der Waals surface area contributed by atoms with Gasteiger partial charge in [-0.3, -0.25) is 9.78 Å². The SMILES string of the molecule is C=C(C)c1ccc(C2=NC(C)(C(=C)C)C(=O)N2)nc1. The zero-order valence-corrected chi connectivity index (χ0v) is 11.4. The molecule has 0 saturated heterocycles. The van der Waals surface area contributed by atoms with Crippen LogP contribution in [-0.2, 0) is 4.79 Å². The van der Waals surface area contributed by atoms with Crippen LogP contribution in [0.5, 0.6) is 0 Å². The van der Waals surface area contributed by atoms with Crippen molar-refractivity contribution in [3.05, 3.63) is 48.3 Å². The standard InChI is InChI=1S/C15H17N3O/c1-9(2)11-6-7-12(16-8-11)13-17-14(19)15(5,18-13)10(3)4/h6-8H,1,3H2,2,4-5H3,(H,17,18,19). The molecule has 1 aliphatic rings. The lowest BCUT2D eigenvalue weighted by atomic mass is 9.95. The highest BCUT2D eigenvalue weighted by Gasteiger charge is 2.40. The number of amides is 1. The fraction of sp³-hybridized carbons (Fsp3) is 0.267. The maximum absolute atomic E-state index is 12.0. The van der Waals surface area contributed by atoms with Crippen molar-refractivity contribution in [3.63, 3.8) is 0 Å². The Morgan fingerprint density at radius 3 is 2.42 bits per heavy atom. The van der Waals surface area contributed by atoms with Crippen molar-refractivity contribution >= 4 is 17.3 Å². The highest BCUT2D eigenvalue weighted by Crippen LogP contribution is 2.25. The Morgan fingerprint density at radius 1 is 1.32 bits per heavy atom. The van der Waals surface area contributed by atoms with E-state index in [4.69, 9.17) is 0 Å². The number of allylic oxidation sites excluding steroid dienone is 1. The zero-order chi connectivity index (χ0) is 14.2. The zero-order valence-electron chi connectivity index (χ0n) is 11.4. The molecule has 1 atom stereocenters. The lowest BCUT2D eigenvalue weighted by Gasteiger charge is -2.16. The summed E-state index contributed by atoms with van der Waals surface area (Å²) < 4.78 is 0.